The van der Waals surface area contributed by atoms with Crippen molar-refractivity contribution in [2.75, 3.05) is 0 Å². The Bertz CT molecular complexity index is 781. The molecule has 0 bridgehead atoms. The zero-order valence-corrected chi connectivity index (χ0v) is 12.2. The number of fused-ring (bicyclic) bond motifs is 1. The first-order chi connectivity index (χ1) is 9.25. The molecule has 0 radical (unpaired) electrons. The van der Waals surface area contributed by atoms with Crippen molar-refractivity contribution in [3.63, 3.8) is 0 Å². The summed E-state index contributed by atoms with van der Waals surface area (Å²) in [6.07, 6.45) is 0. The lowest BCUT2D eigenvalue weighted by atomic mass is 10.2. The summed E-state index contributed by atoms with van der Waals surface area (Å²) >= 11 is 4.88. The van der Waals surface area contributed by atoms with Crippen LogP contribution >= 0.6 is 27.7 Å². The maximum atomic E-state index is 11.8. The van der Waals surface area contributed by atoms with Gasteiger partial charge in [-0.1, -0.05) is 48.2 Å². The fraction of sp³-hybridized carbons (Fsp3) is 0. The maximum absolute atomic E-state index is 11.8. The van der Waals surface area contributed by atoms with Gasteiger partial charge in [0, 0.05) is 15.2 Å². The summed E-state index contributed by atoms with van der Waals surface area (Å²) in [6.45, 7) is 0. The topological polar surface area (TPSA) is 30.2 Å². The van der Waals surface area contributed by atoms with Crippen LogP contribution in [0.5, 0.6) is 0 Å². The van der Waals surface area contributed by atoms with E-state index in [2.05, 4.69) is 15.9 Å². The number of hydrogen-bond acceptors (Lipinski definition) is 3. The van der Waals surface area contributed by atoms with Crippen LogP contribution in [0.1, 0.15) is 0 Å². The van der Waals surface area contributed by atoms with Gasteiger partial charge in [0.15, 0.2) is 0 Å². The highest BCUT2D eigenvalue weighted by Crippen LogP contribution is 2.36. The highest BCUT2D eigenvalue weighted by Gasteiger charge is 2.13. The second kappa shape index (κ2) is 5.23. The predicted octanol–water partition coefficient (Wildman–Crippen LogP) is 4.71. The Balaban J connectivity index is 2.22. The molecule has 0 aliphatic carbocycles. The highest BCUT2D eigenvalue weighted by molar-refractivity contribution is 9.10. The minimum absolute atomic E-state index is 0.350. The van der Waals surface area contributed by atoms with Crippen molar-refractivity contribution in [2.24, 2.45) is 0 Å². The van der Waals surface area contributed by atoms with E-state index in [1.54, 1.807) is 17.8 Å². The lowest BCUT2D eigenvalue weighted by Crippen LogP contribution is -2.01. The Morgan fingerprint density at radius 1 is 0.947 bits per heavy atom. The number of para-hydroxylation sites is 1. The van der Waals surface area contributed by atoms with Crippen molar-refractivity contribution >= 4 is 38.7 Å². The van der Waals surface area contributed by atoms with Crippen LogP contribution in [0.15, 0.2) is 78.1 Å². The van der Waals surface area contributed by atoms with Gasteiger partial charge in [0.2, 0.25) is 0 Å². The van der Waals surface area contributed by atoms with Gasteiger partial charge in [-0.05, 0) is 34.1 Å². The molecule has 0 saturated heterocycles. The zero-order chi connectivity index (χ0) is 13.2. The molecule has 0 spiro atoms. The van der Waals surface area contributed by atoms with E-state index >= 15 is 0 Å². The quantitative estimate of drug-likeness (QED) is 0.637. The molecule has 94 valence electrons. The van der Waals surface area contributed by atoms with Crippen LogP contribution in [0.2, 0.25) is 0 Å². The van der Waals surface area contributed by atoms with Crippen LogP contribution in [0.4, 0.5) is 0 Å². The molecule has 2 nitrogen and oxygen atoms in total. The molecular formula is C15H9BrO2S. The second-order valence-electron chi connectivity index (χ2n) is 3.94. The standard InChI is InChI=1S/C15H9BrO2S/c16-13-14(19-10-6-2-1-3-7-10)11-8-4-5-9-12(11)18-15(13)17/h1-9H. The van der Waals surface area contributed by atoms with Crippen LogP contribution in [0.3, 0.4) is 0 Å². The summed E-state index contributed by atoms with van der Waals surface area (Å²) in [7, 11) is 0. The van der Waals surface area contributed by atoms with Gasteiger partial charge in [-0.3, -0.25) is 0 Å². The van der Waals surface area contributed by atoms with Gasteiger partial charge in [-0.25, -0.2) is 4.79 Å². The molecule has 2 aromatic carbocycles. The third-order valence-electron chi connectivity index (χ3n) is 2.68. The van der Waals surface area contributed by atoms with Crippen LogP contribution in [0, 0.1) is 0 Å². The molecule has 0 atom stereocenters. The Kier molecular flexibility index (Phi) is 3.44. The van der Waals surface area contributed by atoms with Crippen LogP contribution < -0.4 is 5.63 Å². The molecule has 0 N–H and O–H groups in total. The van der Waals surface area contributed by atoms with Crippen molar-refractivity contribution in [3.05, 3.63) is 69.5 Å². The number of halogens is 1. The lowest BCUT2D eigenvalue weighted by Gasteiger charge is -2.07. The van der Waals surface area contributed by atoms with E-state index < -0.39 is 0 Å². The largest absolute Gasteiger partial charge is 0.422 e. The molecule has 0 unspecified atom stereocenters. The fourth-order valence-electron chi connectivity index (χ4n) is 1.81. The van der Waals surface area contributed by atoms with Crippen molar-refractivity contribution in [1.29, 1.82) is 0 Å². The monoisotopic (exact) mass is 332 g/mol. The summed E-state index contributed by atoms with van der Waals surface area (Å²) < 4.78 is 5.73. The molecule has 0 fully saturated rings. The predicted molar refractivity (Wildman–Crippen MR) is 80.7 cm³/mol. The summed E-state index contributed by atoms with van der Waals surface area (Å²) in [5.74, 6) is 0. The van der Waals surface area contributed by atoms with Crippen molar-refractivity contribution in [3.8, 4) is 0 Å². The molecular weight excluding hydrogens is 324 g/mol. The zero-order valence-electron chi connectivity index (χ0n) is 9.80. The van der Waals surface area contributed by atoms with Gasteiger partial charge in [0.1, 0.15) is 10.1 Å². The molecule has 3 rings (SSSR count). The highest BCUT2D eigenvalue weighted by atomic mass is 79.9. The summed E-state index contributed by atoms with van der Waals surface area (Å²) in [5, 5.41) is 0.933. The minimum Gasteiger partial charge on any atom is -0.422 e. The fourth-order valence-corrected chi connectivity index (χ4v) is 3.32. The molecule has 0 saturated carbocycles. The second-order valence-corrected chi connectivity index (χ2v) is 5.82. The molecule has 0 aliphatic rings. The third kappa shape index (κ3) is 2.46. The molecule has 0 amide bonds. The van der Waals surface area contributed by atoms with Crippen LogP contribution in [0.25, 0.3) is 11.0 Å². The molecule has 1 aromatic heterocycles. The van der Waals surface area contributed by atoms with Crippen LogP contribution in [-0.2, 0) is 0 Å². The average molecular weight is 333 g/mol. The summed E-state index contributed by atoms with van der Waals surface area (Å²) in [5.41, 5.74) is 0.256. The Morgan fingerprint density at radius 3 is 2.42 bits per heavy atom. The van der Waals surface area contributed by atoms with E-state index in [9.17, 15) is 4.79 Å². The van der Waals surface area contributed by atoms with Crippen molar-refractivity contribution < 1.29 is 4.42 Å². The summed E-state index contributed by atoms with van der Waals surface area (Å²) in [6, 6.07) is 17.5. The number of hydrogen-bond donors (Lipinski definition) is 0. The van der Waals surface area contributed by atoms with E-state index in [0.29, 0.717) is 10.1 Å². The average Bonchev–Trinajstić information content (AvgIpc) is 2.45. The molecule has 19 heavy (non-hydrogen) atoms. The van der Waals surface area contributed by atoms with Gasteiger partial charge in [-0.2, -0.15) is 0 Å². The third-order valence-corrected chi connectivity index (χ3v) is 4.79. The lowest BCUT2D eigenvalue weighted by molar-refractivity contribution is 0.552. The first-order valence-electron chi connectivity index (χ1n) is 5.70. The maximum Gasteiger partial charge on any atom is 0.351 e. The Hall–Kier alpha value is -1.52. The van der Waals surface area contributed by atoms with E-state index in [-0.39, 0.29) is 5.63 Å². The number of rotatable bonds is 2. The van der Waals surface area contributed by atoms with E-state index in [1.165, 1.54) is 0 Å². The SMILES string of the molecule is O=c1oc2ccccc2c(Sc2ccccc2)c1Br. The first-order valence-corrected chi connectivity index (χ1v) is 7.31. The molecule has 0 aliphatic heterocycles. The van der Waals surface area contributed by atoms with Crippen molar-refractivity contribution in [1.82, 2.24) is 0 Å². The first kappa shape index (κ1) is 12.5. The number of benzene rings is 2. The summed E-state index contributed by atoms with van der Waals surface area (Å²) in [4.78, 5) is 13.8. The molecule has 3 aromatic rings. The van der Waals surface area contributed by atoms with Gasteiger partial charge < -0.3 is 4.42 Å². The Labute approximate surface area is 122 Å². The van der Waals surface area contributed by atoms with Crippen molar-refractivity contribution in [2.45, 2.75) is 9.79 Å². The van der Waals surface area contributed by atoms with Gasteiger partial charge in [0.05, 0.1) is 0 Å². The van der Waals surface area contributed by atoms with Gasteiger partial charge in [-0.15, -0.1) is 0 Å². The minimum atomic E-state index is -0.350. The van der Waals surface area contributed by atoms with Gasteiger partial charge >= 0.3 is 5.63 Å². The van der Waals surface area contributed by atoms with E-state index in [4.69, 9.17) is 4.42 Å². The van der Waals surface area contributed by atoms with E-state index in [1.807, 2.05) is 48.5 Å². The molecule has 4 heteroatoms. The molecule has 1 heterocycles. The normalized spacial score (nSPS) is 10.8. The smallest absolute Gasteiger partial charge is 0.351 e. The van der Waals surface area contributed by atoms with Gasteiger partial charge in [0.25, 0.3) is 0 Å². The van der Waals surface area contributed by atoms with E-state index in [0.717, 1.165) is 15.2 Å². The Morgan fingerprint density at radius 2 is 1.63 bits per heavy atom. The van der Waals surface area contributed by atoms with Crippen LogP contribution in [-0.4, -0.2) is 0 Å².